The van der Waals surface area contributed by atoms with Gasteiger partial charge >= 0.3 is 0 Å². The number of benzene rings is 1. The first kappa shape index (κ1) is 18.4. The van der Waals surface area contributed by atoms with Gasteiger partial charge < -0.3 is 30.7 Å². The van der Waals surface area contributed by atoms with Crippen molar-refractivity contribution in [3.63, 3.8) is 0 Å². The summed E-state index contributed by atoms with van der Waals surface area (Å²) in [5, 5.41) is 23.1. The molecule has 1 saturated heterocycles. The molecule has 3 atom stereocenters. The summed E-state index contributed by atoms with van der Waals surface area (Å²) in [5.41, 5.74) is 4.69. The third-order valence-electron chi connectivity index (χ3n) is 3.83. The number of para-hydroxylation sites is 1. The molecule has 1 aliphatic heterocycles. The van der Waals surface area contributed by atoms with Gasteiger partial charge in [0.2, 0.25) is 0 Å². The lowest BCUT2D eigenvalue weighted by molar-refractivity contribution is -0.151. The van der Waals surface area contributed by atoms with E-state index in [1.54, 1.807) is 18.2 Å². The molecule has 7 nitrogen and oxygen atoms in total. The maximum absolute atomic E-state index is 12.4. The van der Waals surface area contributed by atoms with E-state index in [0.717, 1.165) is 3.57 Å². The smallest absolute Gasteiger partial charge is 0.259 e. The zero-order valence-electron chi connectivity index (χ0n) is 12.8. The second-order valence-corrected chi connectivity index (χ2v) is 6.38. The number of hydrogen-bond donors (Lipinski definition) is 4. The molecule has 2 rings (SSSR count). The van der Waals surface area contributed by atoms with Crippen molar-refractivity contribution in [2.24, 2.45) is 0 Å². The van der Waals surface area contributed by atoms with E-state index in [1.165, 1.54) is 0 Å². The number of aliphatic hydroxyl groups is 2. The Hall–Kier alpha value is -0.940. The van der Waals surface area contributed by atoms with Crippen molar-refractivity contribution >= 4 is 34.2 Å². The predicted molar refractivity (Wildman–Crippen MR) is 92.7 cm³/mol. The van der Waals surface area contributed by atoms with Crippen LogP contribution in [-0.2, 0) is 19.9 Å². The van der Waals surface area contributed by atoms with Crippen LogP contribution in [0.1, 0.15) is 12.5 Å². The maximum atomic E-state index is 12.4. The van der Waals surface area contributed by atoms with Crippen molar-refractivity contribution in [1.82, 2.24) is 5.32 Å². The van der Waals surface area contributed by atoms with E-state index in [4.69, 9.17) is 15.2 Å². The number of rotatable bonds is 7. The average Bonchev–Trinajstić information content (AvgIpc) is 2.78. The van der Waals surface area contributed by atoms with E-state index < -0.39 is 23.7 Å². The summed E-state index contributed by atoms with van der Waals surface area (Å²) in [5.74, 6) is -0.633. The highest BCUT2D eigenvalue weighted by Gasteiger charge is 2.57. The molecule has 128 valence electrons. The fourth-order valence-corrected chi connectivity index (χ4v) is 3.17. The Kier molecular flexibility index (Phi) is 6.20. The van der Waals surface area contributed by atoms with Crippen LogP contribution in [0.25, 0.3) is 0 Å². The minimum atomic E-state index is -1.95. The molecule has 8 heteroatoms. The number of nitrogens with one attached hydrogen (secondary N) is 1. The average molecular weight is 436 g/mol. The number of ether oxygens (including phenoxy) is 2. The third kappa shape index (κ3) is 3.45. The molecular formula is C15H21IN2O5. The Morgan fingerprint density at radius 1 is 1.43 bits per heavy atom. The molecule has 0 unspecified atom stereocenters. The van der Waals surface area contributed by atoms with Gasteiger partial charge in [0, 0.05) is 15.7 Å². The lowest BCUT2D eigenvalue weighted by atomic mass is 9.86. The van der Waals surface area contributed by atoms with Crippen molar-refractivity contribution < 1.29 is 24.5 Å². The number of hydrogen-bond acceptors (Lipinski definition) is 6. The molecule has 0 aromatic heterocycles. The van der Waals surface area contributed by atoms with Gasteiger partial charge in [-0.25, -0.2) is 0 Å². The maximum Gasteiger partial charge on any atom is 0.259 e. The minimum Gasteiger partial charge on any atom is -0.398 e. The Labute approximate surface area is 148 Å². The molecule has 1 aromatic rings. The molecule has 0 aliphatic carbocycles. The van der Waals surface area contributed by atoms with Crippen LogP contribution in [-0.4, -0.2) is 54.7 Å². The third-order valence-corrected chi connectivity index (χ3v) is 4.77. The van der Waals surface area contributed by atoms with Gasteiger partial charge in [0.25, 0.3) is 5.91 Å². The monoisotopic (exact) mass is 436 g/mol. The molecule has 1 aromatic carbocycles. The first-order valence-electron chi connectivity index (χ1n) is 7.34. The summed E-state index contributed by atoms with van der Waals surface area (Å²) in [6, 6.07) is 4.37. The zero-order chi connectivity index (χ0) is 17.0. The molecule has 1 heterocycles. The van der Waals surface area contributed by atoms with Crippen molar-refractivity contribution in [2.75, 3.05) is 32.2 Å². The quantitative estimate of drug-likeness (QED) is 0.271. The normalized spacial score (nSPS) is 27.2. The van der Waals surface area contributed by atoms with Crippen LogP contribution < -0.4 is 11.1 Å². The van der Waals surface area contributed by atoms with E-state index in [-0.39, 0.29) is 18.8 Å². The van der Waals surface area contributed by atoms with Crippen molar-refractivity contribution in [3.8, 4) is 0 Å². The second kappa shape index (κ2) is 7.75. The Morgan fingerprint density at radius 2 is 2.17 bits per heavy atom. The van der Waals surface area contributed by atoms with E-state index >= 15 is 0 Å². The van der Waals surface area contributed by atoms with Crippen LogP contribution in [0, 0.1) is 3.57 Å². The fourth-order valence-electron chi connectivity index (χ4n) is 2.68. The van der Waals surface area contributed by atoms with Gasteiger partial charge in [-0.2, -0.15) is 0 Å². The van der Waals surface area contributed by atoms with Gasteiger partial charge in [0.05, 0.1) is 31.5 Å². The van der Waals surface area contributed by atoms with Crippen LogP contribution in [0.4, 0.5) is 5.69 Å². The Balaban J connectivity index is 2.34. The lowest BCUT2D eigenvalue weighted by Gasteiger charge is -2.30. The molecule has 0 bridgehead atoms. The Bertz CT molecular complexity index is 571. The van der Waals surface area contributed by atoms with Crippen LogP contribution in [0.5, 0.6) is 0 Å². The number of amides is 1. The highest BCUT2D eigenvalue weighted by Crippen LogP contribution is 2.38. The molecule has 23 heavy (non-hydrogen) atoms. The van der Waals surface area contributed by atoms with Gasteiger partial charge in [-0.1, -0.05) is 12.1 Å². The highest BCUT2D eigenvalue weighted by atomic mass is 127. The summed E-state index contributed by atoms with van der Waals surface area (Å²) in [6.07, 6.45) is -0.957. The Morgan fingerprint density at radius 3 is 2.83 bits per heavy atom. The largest absolute Gasteiger partial charge is 0.398 e. The van der Waals surface area contributed by atoms with Crippen molar-refractivity contribution in [1.29, 1.82) is 0 Å². The van der Waals surface area contributed by atoms with E-state index in [2.05, 4.69) is 5.32 Å². The molecule has 5 N–H and O–H groups in total. The molecule has 0 radical (unpaired) electrons. The van der Waals surface area contributed by atoms with Crippen molar-refractivity contribution in [3.05, 3.63) is 27.3 Å². The summed E-state index contributed by atoms with van der Waals surface area (Å²) < 4.78 is 11.6. The number of anilines is 1. The molecular weight excluding hydrogens is 415 g/mol. The standard InChI is InChI=1S/C15H21IN2O5/c1-2-22-6-7-23-13-11(8-19)18-14(20)15(13,21)9-4-3-5-10(16)12(9)17/h3-5,11,13,19,21H,2,6-8,17H2,1H3,(H,18,20)/t11-,13-,15+/m1/s1. The van der Waals surface area contributed by atoms with Gasteiger partial charge in [0.15, 0.2) is 5.60 Å². The van der Waals surface area contributed by atoms with E-state index in [0.29, 0.717) is 18.9 Å². The number of nitrogens with two attached hydrogens (primary N) is 1. The zero-order valence-corrected chi connectivity index (χ0v) is 14.9. The first-order valence-corrected chi connectivity index (χ1v) is 8.42. The topological polar surface area (TPSA) is 114 Å². The summed E-state index contributed by atoms with van der Waals surface area (Å²) in [7, 11) is 0. The van der Waals surface area contributed by atoms with E-state index in [9.17, 15) is 15.0 Å². The number of carbonyl (C=O) groups is 1. The highest BCUT2D eigenvalue weighted by molar-refractivity contribution is 14.1. The van der Waals surface area contributed by atoms with Crippen molar-refractivity contribution in [2.45, 2.75) is 24.7 Å². The molecule has 0 spiro atoms. The predicted octanol–water partition coefficient (Wildman–Crippen LogP) is -0.0266. The number of nitrogen functional groups attached to an aromatic ring is 1. The SMILES string of the molecule is CCOCCO[C@@H]1[C@@H](CO)NC(=O)[C@]1(O)c1cccc(I)c1N. The van der Waals surface area contributed by atoms with Gasteiger partial charge in [-0.15, -0.1) is 0 Å². The van der Waals surface area contributed by atoms with Gasteiger partial charge in [-0.05, 0) is 35.6 Å². The van der Waals surface area contributed by atoms with Crippen LogP contribution in [0.3, 0.4) is 0 Å². The first-order chi connectivity index (χ1) is 11.0. The van der Waals surface area contributed by atoms with Gasteiger partial charge in [0.1, 0.15) is 6.10 Å². The number of aliphatic hydroxyl groups excluding tert-OH is 1. The minimum absolute atomic E-state index is 0.191. The molecule has 1 aliphatic rings. The molecule has 1 amide bonds. The molecule has 0 saturated carbocycles. The molecule has 1 fully saturated rings. The van der Waals surface area contributed by atoms with Gasteiger partial charge in [-0.3, -0.25) is 4.79 Å². The van der Waals surface area contributed by atoms with Crippen LogP contribution in [0.2, 0.25) is 0 Å². The van der Waals surface area contributed by atoms with E-state index in [1.807, 2.05) is 29.5 Å². The number of carbonyl (C=O) groups excluding carboxylic acids is 1. The van der Waals surface area contributed by atoms with Crippen LogP contribution in [0.15, 0.2) is 18.2 Å². The second-order valence-electron chi connectivity index (χ2n) is 5.22. The lowest BCUT2D eigenvalue weighted by Crippen LogP contribution is -2.47. The number of halogens is 1. The summed E-state index contributed by atoms with van der Waals surface area (Å²) in [6.45, 7) is 2.58. The summed E-state index contributed by atoms with van der Waals surface area (Å²) >= 11 is 2.03. The summed E-state index contributed by atoms with van der Waals surface area (Å²) in [4.78, 5) is 12.4. The van der Waals surface area contributed by atoms with Crippen LogP contribution >= 0.6 is 22.6 Å². The fraction of sp³-hybridized carbons (Fsp3) is 0.533.